The highest BCUT2D eigenvalue weighted by molar-refractivity contribution is 7.09. The van der Waals surface area contributed by atoms with Crippen LogP contribution in [-0.2, 0) is 6.42 Å². The van der Waals surface area contributed by atoms with E-state index >= 15 is 0 Å². The minimum Gasteiger partial charge on any atom is -0.390 e. The molecule has 1 heterocycles. The van der Waals surface area contributed by atoms with Crippen LogP contribution in [0.1, 0.15) is 50.8 Å². The molecule has 0 aliphatic heterocycles. The summed E-state index contributed by atoms with van der Waals surface area (Å²) < 4.78 is 0. The van der Waals surface area contributed by atoms with Gasteiger partial charge in [-0.2, -0.15) is 0 Å². The zero-order valence-corrected chi connectivity index (χ0v) is 11.7. The van der Waals surface area contributed by atoms with Crippen LogP contribution in [0.2, 0.25) is 0 Å². The molecule has 0 spiro atoms. The molecule has 0 bridgehead atoms. The molecule has 1 fully saturated rings. The minimum absolute atomic E-state index is 0.468. The molecule has 3 heteroatoms. The number of aromatic nitrogens is 1. The van der Waals surface area contributed by atoms with E-state index in [0.717, 1.165) is 25.2 Å². The Bertz CT molecular complexity index is 336. The maximum Gasteiger partial charge on any atom is 0.0794 e. The van der Waals surface area contributed by atoms with Crippen LogP contribution in [0.15, 0.2) is 11.7 Å². The Morgan fingerprint density at radius 2 is 2.41 bits per heavy atom. The van der Waals surface area contributed by atoms with Gasteiger partial charge >= 0.3 is 0 Å². The lowest BCUT2D eigenvalue weighted by molar-refractivity contribution is -0.0183. The molecule has 0 saturated heterocycles. The second-order valence-electron chi connectivity index (χ2n) is 5.96. The van der Waals surface area contributed by atoms with Crippen molar-refractivity contribution in [2.75, 3.05) is 0 Å². The Morgan fingerprint density at radius 3 is 3.06 bits per heavy atom. The third-order valence-electron chi connectivity index (χ3n) is 3.71. The molecule has 1 aliphatic carbocycles. The van der Waals surface area contributed by atoms with E-state index in [-0.39, 0.29) is 0 Å². The highest BCUT2D eigenvalue weighted by atomic mass is 32.1. The van der Waals surface area contributed by atoms with Gasteiger partial charge in [-0.15, -0.1) is 11.3 Å². The molecule has 2 atom stereocenters. The second-order valence-corrected chi connectivity index (χ2v) is 6.93. The summed E-state index contributed by atoms with van der Waals surface area (Å²) in [5.41, 5.74) is 1.39. The van der Waals surface area contributed by atoms with Gasteiger partial charge in [0.05, 0.1) is 11.1 Å². The van der Waals surface area contributed by atoms with Crippen LogP contribution in [-0.4, -0.2) is 15.7 Å². The molecule has 2 nitrogen and oxygen atoms in total. The molecule has 2 unspecified atom stereocenters. The van der Waals surface area contributed by atoms with Gasteiger partial charge in [-0.05, 0) is 31.1 Å². The average Bonchev–Trinajstić information content (AvgIpc) is 2.68. The van der Waals surface area contributed by atoms with Gasteiger partial charge < -0.3 is 5.11 Å². The average molecular weight is 253 g/mol. The van der Waals surface area contributed by atoms with E-state index in [4.69, 9.17) is 0 Å². The Hall–Kier alpha value is -0.410. The lowest BCUT2D eigenvalue weighted by atomic mass is 9.73. The largest absolute Gasteiger partial charge is 0.390 e. The van der Waals surface area contributed by atoms with Gasteiger partial charge in [0.15, 0.2) is 0 Å². The lowest BCUT2D eigenvalue weighted by Gasteiger charge is -2.37. The SMILES string of the molecule is CC(C)CC1CCCC(O)(Cc2cncs2)C1. The summed E-state index contributed by atoms with van der Waals surface area (Å²) in [6, 6.07) is 0. The Balaban J connectivity index is 1.94. The van der Waals surface area contributed by atoms with E-state index in [1.165, 1.54) is 24.1 Å². The van der Waals surface area contributed by atoms with Crippen molar-refractivity contribution in [3.05, 3.63) is 16.6 Å². The topological polar surface area (TPSA) is 33.1 Å². The maximum atomic E-state index is 10.7. The van der Waals surface area contributed by atoms with Crippen LogP contribution in [0.5, 0.6) is 0 Å². The minimum atomic E-state index is -0.468. The maximum absolute atomic E-state index is 10.7. The van der Waals surface area contributed by atoms with Crippen molar-refractivity contribution >= 4 is 11.3 Å². The number of nitrogens with zero attached hydrogens (tertiary/aromatic N) is 1. The van der Waals surface area contributed by atoms with Crippen molar-refractivity contribution in [1.29, 1.82) is 0 Å². The zero-order valence-electron chi connectivity index (χ0n) is 10.9. The van der Waals surface area contributed by atoms with Crippen molar-refractivity contribution < 1.29 is 5.11 Å². The number of thiazole rings is 1. The molecule has 96 valence electrons. The summed E-state index contributed by atoms with van der Waals surface area (Å²) in [5, 5.41) is 10.7. The normalized spacial score (nSPS) is 29.8. The molecular formula is C14H23NOS. The van der Waals surface area contributed by atoms with Gasteiger partial charge in [-0.1, -0.05) is 26.7 Å². The first-order valence-corrected chi connectivity index (χ1v) is 7.55. The molecule has 1 aliphatic rings. The summed E-state index contributed by atoms with van der Waals surface area (Å²) in [7, 11) is 0. The predicted molar refractivity (Wildman–Crippen MR) is 72.2 cm³/mol. The van der Waals surface area contributed by atoms with E-state index in [0.29, 0.717) is 5.92 Å². The molecule has 17 heavy (non-hydrogen) atoms. The number of aliphatic hydroxyl groups is 1. The van der Waals surface area contributed by atoms with Crippen molar-refractivity contribution in [3.8, 4) is 0 Å². The monoisotopic (exact) mass is 253 g/mol. The predicted octanol–water partition coefficient (Wildman–Crippen LogP) is 3.65. The highest BCUT2D eigenvalue weighted by Crippen LogP contribution is 2.38. The van der Waals surface area contributed by atoms with Crippen LogP contribution in [0.3, 0.4) is 0 Å². The molecule has 2 rings (SSSR count). The first-order valence-electron chi connectivity index (χ1n) is 6.67. The third-order valence-corrected chi connectivity index (χ3v) is 4.49. The summed E-state index contributed by atoms with van der Waals surface area (Å²) >= 11 is 1.66. The highest BCUT2D eigenvalue weighted by Gasteiger charge is 2.34. The number of hydrogen-bond acceptors (Lipinski definition) is 3. The second kappa shape index (κ2) is 5.49. The van der Waals surface area contributed by atoms with Gasteiger partial charge in [0.1, 0.15) is 0 Å². The summed E-state index contributed by atoms with van der Waals surface area (Å²) in [5.74, 6) is 1.45. The first-order chi connectivity index (χ1) is 8.07. The Kier molecular flexibility index (Phi) is 4.21. The first kappa shape index (κ1) is 13.0. The van der Waals surface area contributed by atoms with Crippen molar-refractivity contribution in [3.63, 3.8) is 0 Å². The molecule has 1 aromatic rings. The molecule has 1 saturated carbocycles. The summed E-state index contributed by atoms with van der Waals surface area (Å²) in [4.78, 5) is 5.31. The van der Waals surface area contributed by atoms with E-state index in [1.807, 2.05) is 11.7 Å². The van der Waals surface area contributed by atoms with Crippen molar-refractivity contribution in [1.82, 2.24) is 4.98 Å². The van der Waals surface area contributed by atoms with Gasteiger partial charge in [0, 0.05) is 17.5 Å². The third kappa shape index (κ3) is 3.78. The van der Waals surface area contributed by atoms with Gasteiger partial charge in [-0.3, -0.25) is 4.98 Å². The van der Waals surface area contributed by atoms with Crippen molar-refractivity contribution in [2.45, 2.75) is 58.0 Å². The van der Waals surface area contributed by atoms with E-state index < -0.39 is 5.60 Å². The quantitative estimate of drug-likeness (QED) is 0.888. The molecule has 0 radical (unpaired) electrons. The lowest BCUT2D eigenvalue weighted by Crippen LogP contribution is -2.37. The van der Waals surface area contributed by atoms with Gasteiger partial charge in [0.25, 0.3) is 0 Å². The molecule has 0 aromatic carbocycles. The van der Waals surface area contributed by atoms with Gasteiger partial charge in [-0.25, -0.2) is 0 Å². The van der Waals surface area contributed by atoms with E-state index in [9.17, 15) is 5.11 Å². The van der Waals surface area contributed by atoms with Crippen LogP contribution >= 0.6 is 11.3 Å². The standard InChI is InChI=1S/C14H23NOS/c1-11(2)6-12-4-3-5-14(16,7-12)8-13-9-15-10-17-13/h9-12,16H,3-8H2,1-2H3. The number of hydrogen-bond donors (Lipinski definition) is 1. The van der Waals surface area contributed by atoms with Crippen LogP contribution in [0, 0.1) is 11.8 Å². The van der Waals surface area contributed by atoms with Crippen LogP contribution in [0.25, 0.3) is 0 Å². The van der Waals surface area contributed by atoms with E-state index in [1.54, 1.807) is 11.3 Å². The summed E-state index contributed by atoms with van der Waals surface area (Å²) in [6.07, 6.45) is 8.35. The van der Waals surface area contributed by atoms with Crippen molar-refractivity contribution in [2.24, 2.45) is 11.8 Å². The fourth-order valence-corrected chi connectivity index (χ4v) is 3.87. The Morgan fingerprint density at radius 1 is 1.59 bits per heavy atom. The zero-order chi connectivity index (χ0) is 12.3. The molecular weight excluding hydrogens is 230 g/mol. The van der Waals surface area contributed by atoms with Gasteiger partial charge in [0.2, 0.25) is 0 Å². The number of rotatable bonds is 4. The van der Waals surface area contributed by atoms with Crippen LogP contribution in [0.4, 0.5) is 0 Å². The fraction of sp³-hybridized carbons (Fsp3) is 0.786. The fourth-order valence-electron chi connectivity index (χ4n) is 3.14. The van der Waals surface area contributed by atoms with Crippen LogP contribution < -0.4 is 0 Å². The molecule has 1 N–H and O–H groups in total. The Labute approximate surface area is 108 Å². The summed E-state index contributed by atoms with van der Waals surface area (Å²) in [6.45, 7) is 4.55. The smallest absolute Gasteiger partial charge is 0.0794 e. The molecule has 0 amide bonds. The van der Waals surface area contributed by atoms with E-state index in [2.05, 4.69) is 18.8 Å². The molecule has 1 aromatic heterocycles.